The van der Waals surface area contributed by atoms with E-state index in [-0.39, 0.29) is 18.0 Å². The fourth-order valence-corrected chi connectivity index (χ4v) is 4.21. The third kappa shape index (κ3) is 3.62. The maximum atomic E-state index is 12.9. The average Bonchev–Trinajstić information content (AvgIpc) is 3.10. The van der Waals surface area contributed by atoms with Crippen LogP contribution in [-0.4, -0.2) is 30.9 Å². The smallest absolute Gasteiger partial charge is 0.267 e. The van der Waals surface area contributed by atoms with E-state index in [1.807, 2.05) is 12.1 Å². The molecule has 2 aromatic carbocycles. The number of hydrogen-bond donors (Lipinski definition) is 2. The fraction of sp³-hybridized carbons (Fsp3) is 0.167. The van der Waals surface area contributed by atoms with Crippen LogP contribution < -0.4 is 10.2 Å². The Morgan fingerprint density at radius 3 is 2.69 bits per heavy atom. The van der Waals surface area contributed by atoms with E-state index in [9.17, 15) is 13.2 Å². The first-order valence-corrected chi connectivity index (χ1v) is 9.26. The van der Waals surface area contributed by atoms with Gasteiger partial charge in [0.25, 0.3) is 5.91 Å². The summed E-state index contributed by atoms with van der Waals surface area (Å²) in [6.07, 6.45) is 2.74. The standard InChI is InChI=1S/C18H18N2O5S/c1-25-16-3-2-4-17(10-16)26(23,24)20-11-14-7-5-13(9-15(14)12-20)6-8-18(21)19-22/h2-10,22H,11-12H2,1H3,(H,19,21). The Morgan fingerprint density at radius 1 is 1.19 bits per heavy atom. The molecule has 1 aliphatic heterocycles. The quantitative estimate of drug-likeness (QED) is 0.474. The second-order valence-electron chi connectivity index (χ2n) is 5.79. The van der Waals surface area contributed by atoms with E-state index in [1.165, 1.54) is 29.0 Å². The Morgan fingerprint density at radius 2 is 1.96 bits per heavy atom. The lowest BCUT2D eigenvalue weighted by Gasteiger charge is -2.16. The zero-order chi connectivity index (χ0) is 18.7. The van der Waals surface area contributed by atoms with Crippen LogP contribution in [-0.2, 0) is 27.9 Å². The van der Waals surface area contributed by atoms with Gasteiger partial charge in [-0.05, 0) is 34.9 Å². The molecule has 26 heavy (non-hydrogen) atoms. The van der Waals surface area contributed by atoms with Gasteiger partial charge in [0, 0.05) is 25.2 Å². The Hall–Kier alpha value is -2.68. The highest BCUT2D eigenvalue weighted by Crippen LogP contribution is 2.30. The molecule has 1 aliphatic rings. The zero-order valence-electron chi connectivity index (χ0n) is 14.0. The van der Waals surface area contributed by atoms with E-state index < -0.39 is 15.9 Å². The lowest BCUT2D eigenvalue weighted by atomic mass is 10.1. The predicted molar refractivity (Wildman–Crippen MR) is 94.8 cm³/mol. The summed E-state index contributed by atoms with van der Waals surface area (Å²) in [4.78, 5) is 11.3. The number of hydrogen-bond acceptors (Lipinski definition) is 5. The van der Waals surface area contributed by atoms with E-state index in [1.54, 1.807) is 30.3 Å². The Balaban J connectivity index is 1.83. The molecule has 0 fully saturated rings. The number of sulfonamides is 1. The molecule has 7 nitrogen and oxygen atoms in total. The minimum atomic E-state index is -3.64. The Kier molecular flexibility index (Phi) is 5.08. The van der Waals surface area contributed by atoms with Gasteiger partial charge in [-0.1, -0.05) is 24.3 Å². The molecule has 2 N–H and O–H groups in total. The van der Waals surface area contributed by atoms with Crippen molar-refractivity contribution in [2.75, 3.05) is 7.11 Å². The molecule has 0 unspecified atom stereocenters. The molecule has 2 aromatic rings. The van der Waals surface area contributed by atoms with Crippen molar-refractivity contribution >= 4 is 22.0 Å². The van der Waals surface area contributed by atoms with Crippen molar-refractivity contribution in [3.8, 4) is 5.75 Å². The third-order valence-electron chi connectivity index (χ3n) is 4.14. The number of carbonyl (C=O) groups excluding carboxylic acids is 1. The maximum absolute atomic E-state index is 12.9. The summed E-state index contributed by atoms with van der Waals surface area (Å²) in [5.74, 6) is -0.148. The summed E-state index contributed by atoms with van der Waals surface area (Å²) in [6.45, 7) is 0.540. The van der Waals surface area contributed by atoms with E-state index in [2.05, 4.69) is 0 Å². The topological polar surface area (TPSA) is 95.9 Å². The molecule has 3 rings (SSSR count). The van der Waals surface area contributed by atoms with Crippen molar-refractivity contribution in [3.05, 3.63) is 65.2 Å². The van der Waals surface area contributed by atoms with Crippen molar-refractivity contribution in [1.82, 2.24) is 9.79 Å². The normalized spacial score (nSPS) is 14.4. The number of amides is 1. The minimum Gasteiger partial charge on any atom is -0.497 e. The van der Waals surface area contributed by atoms with E-state index >= 15 is 0 Å². The number of rotatable bonds is 5. The Labute approximate surface area is 151 Å². The van der Waals surface area contributed by atoms with E-state index in [4.69, 9.17) is 9.94 Å². The minimum absolute atomic E-state index is 0.185. The summed E-state index contributed by atoms with van der Waals surface area (Å²) in [5, 5.41) is 8.50. The summed E-state index contributed by atoms with van der Waals surface area (Å²) >= 11 is 0. The molecule has 0 aromatic heterocycles. The number of hydroxylamine groups is 1. The van der Waals surface area contributed by atoms with Gasteiger partial charge in [-0.3, -0.25) is 10.0 Å². The number of nitrogens with zero attached hydrogens (tertiary/aromatic N) is 1. The van der Waals surface area contributed by atoms with Crippen molar-refractivity contribution in [1.29, 1.82) is 0 Å². The number of carbonyl (C=O) groups is 1. The highest BCUT2D eigenvalue weighted by Gasteiger charge is 2.30. The third-order valence-corrected chi connectivity index (χ3v) is 5.93. The summed E-state index contributed by atoms with van der Waals surface area (Å²) < 4.78 is 32.3. The molecule has 0 bridgehead atoms. The first-order valence-electron chi connectivity index (χ1n) is 7.82. The van der Waals surface area contributed by atoms with Crippen LogP contribution in [0.4, 0.5) is 0 Å². The summed E-state index contributed by atoms with van der Waals surface area (Å²) in [7, 11) is -2.15. The number of ether oxygens (including phenoxy) is 1. The van der Waals surface area contributed by atoms with Crippen molar-refractivity contribution in [2.24, 2.45) is 0 Å². The monoisotopic (exact) mass is 374 g/mol. The molecule has 0 aliphatic carbocycles. The predicted octanol–water partition coefficient (Wildman–Crippen LogP) is 1.92. The molecule has 1 heterocycles. The molecule has 1 amide bonds. The maximum Gasteiger partial charge on any atom is 0.267 e. The molecule has 0 radical (unpaired) electrons. The highest BCUT2D eigenvalue weighted by atomic mass is 32.2. The van der Waals surface area contributed by atoms with E-state index in [0.717, 1.165) is 16.7 Å². The SMILES string of the molecule is COc1cccc(S(=O)(=O)N2Cc3ccc(C=CC(=O)NO)cc3C2)c1. The second kappa shape index (κ2) is 7.28. The first kappa shape index (κ1) is 18.1. The van der Waals surface area contributed by atoms with Crippen LogP contribution in [0.25, 0.3) is 6.08 Å². The van der Waals surface area contributed by atoms with Gasteiger partial charge in [0.2, 0.25) is 10.0 Å². The van der Waals surface area contributed by atoms with Crippen molar-refractivity contribution in [3.63, 3.8) is 0 Å². The molecule has 0 saturated carbocycles. The molecule has 0 saturated heterocycles. The van der Waals surface area contributed by atoms with Gasteiger partial charge in [0.05, 0.1) is 12.0 Å². The van der Waals surface area contributed by atoms with Gasteiger partial charge in [0.15, 0.2) is 0 Å². The van der Waals surface area contributed by atoms with Crippen LogP contribution in [0.2, 0.25) is 0 Å². The van der Waals surface area contributed by atoms with Crippen LogP contribution in [0, 0.1) is 0 Å². The summed E-state index contributed by atoms with van der Waals surface area (Å²) in [6, 6.07) is 11.8. The number of nitrogens with one attached hydrogen (secondary N) is 1. The largest absolute Gasteiger partial charge is 0.497 e. The van der Waals surface area contributed by atoms with Gasteiger partial charge in [-0.2, -0.15) is 4.31 Å². The lowest BCUT2D eigenvalue weighted by Crippen LogP contribution is -2.25. The van der Waals surface area contributed by atoms with Gasteiger partial charge in [-0.25, -0.2) is 13.9 Å². The average molecular weight is 374 g/mol. The zero-order valence-corrected chi connectivity index (χ0v) is 14.9. The second-order valence-corrected chi connectivity index (χ2v) is 7.73. The molecular weight excluding hydrogens is 356 g/mol. The van der Waals surface area contributed by atoms with Crippen LogP contribution in [0.1, 0.15) is 16.7 Å². The van der Waals surface area contributed by atoms with Gasteiger partial charge in [-0.15, -0.1) is 0 Å². The Bertz CT molecular complexity index is 969. The fourth-order valence-electron chi connectivity index (χ4n) is 2.78. The lowest BCUT2D eigenvalue weighted by molar-refractivity contribution is -0.124. The van der Waals surface area contributed by atoms with Crippen molar-refractivity contribution in [2.45, 2.75) is 18.0 Å². The number of fused-ring (bicyclic) bond motifs is 1. The number of methoxy groups -OCH3 is 1. The molecule has 0 atom stereocenters. The molecular formula is C18H18N2O5S. The van der Waals surface area contributed by atoms with Gasteiger partial charge >= 0.3 is 0 Å². The van der Waals surface area contributed by atoms with Gasteiger partial charge < -0.3 is 4.74 Å². The van der Waals surface area contributed by atoms with E-state index in [0.29, 0.717) is 5.75 Å². The molecule has 0 spiro atoms. The molecule has 8 heteroatoms. The first-order chi connectivity index (χ1) is 12.4. The van der Waals surface area contributed by atoms with Crippen LogP contribution in [0.5, 0.6) is 5.75 Å². The number of benzene rings is 2. The molecule has 136 valence electrons. The van der Waals surface area contributed by atoms with Crippen LogP contribution in [0.15, 0.2) is 53.4 Å². The highest BCUT2D eigenvalue weighted by molar-refractivity contribution is 7.89. The van der Waals surface area contributed by atoms with Crippen LogP contribution in [0.3, 0.4) is 0 Å². The van der Waals surface area contributed by atoms with Crippen LogP contribution >= 0.6 is 0 Å². The van der Waals surface area contributed by atoms with Gasteiger partial charge in [0.1, 0.15) is 5.75 Å². The van der Waals surface area contributed by atoms with Crippen molar-refractivity contribution < 1.29 is 23.2 Å². The summed E-state index contributed by atoms with van der Waals surface area (Å²) in [5.41, 5.74) is 4.06.